The minimum absolute atomic E-state index is 0.0945. The number of amides is 3. The summed E-state index contributed by atoms with van der Waals surface area (Å²) in [6.07, 6.45) is 4.53. The molecule has 144 valence electrons. The van der Waals surface area contributed by atoms with Crippen molar-refractivity contribution in [3.8, 4) is 0 Å². The van der Waals surface area contributed by atoms with Crippen LogP contribution in [0.5, 0.6) is 0 Å². The molecule has 1 saturated carbocycles. The Morgan fingerprint density at radius 3 is 2.36 bits per heavy atom. The van der Waals surface area contributed by atoms with Gasteiger partial charge in [0.1, 0.15) is 0 Å². The van der Waals surface area contributed by atoms with Crippen molar-refractivity contribution in [3.63, 3.8) is 0 Å². The first-order valence-corrected chi connectivity index (χ1v) is 9.89. The van der Waals surface area contributed by atoms with Gasteiger partial charge in [-0.05, 0) is 48.6 Å². The van der Waals surface area contributed by atoms with Crippen LogP contribution in [-0.4, -0.2) is 28.7 Å². The van der Waals surface area contributed by atoms with Crippen molar-refractivity contribution in [2.24, 2.45) is 5.92 Å². The lowest BCUT2D eigenvalue weighted by molar-refractivity contribution is 0.0642. The fourth-order valence-corrected chi connectivity index (χ4v) is 4.16. The van der Waals surface area contributed by atoms with Gasteiger partial charge < -0.3 is 5.32 Å². The molecule has 0 spiro atoms. The number of imide groups is 1. The summed E-state index contributed by atoms with van der Waals surface area (Å²) in [4.78, 5) is 39.0. The Morgan fingerprint density at radius 1 is 1.00 bits per heavy atom. The summed E-state index contributed by atoms with van der Waals surface area (Å²) >= 11 is 0. The number of nitrogens with one attached hydrogen (secondary N) is 1. The van der Waals surface area contributed by atoms with Crippen molar-refractivity contribution >= 4 is 17.7 Å². The van der Waals surface area contributed by atoms with E-state index in [1.165, 1.54) is 11.3 Å². The molecule has 0 bridgehead atoms. The molecule has 1 aliphatic carbocycles. The first-order valence-electron chi connectivity index (χ1n) is 9.89. The van der Waals surface area contributed by atoms with Gasteiger partial charge >= 0.3 is 0 Å². The fraction of sp³-hybridized carbons (Fsp3) is 0.348. The number of hydrogen-bond acceptors (Lipinski definition) is 3. The summed E-state index contributed by atoms with van der Waals surface area (Å²) in [5.74, 6) is -0.180. The van der Waals surface area contributed by atoms with Crippen molar-refractivity contribution in [3.05, 3.63) is 70.8 Å². The van der Waals surface area contributed by atoms with Gasteiger partial charge in [-0.25, -0.2) is 0 Å². The molecule has 1 heterocycles. The molecular weight excluding hydrogens is 352 g/mol. The van der Waals surface area contributed by atoms with Crippen LogP contribution in [0.2, 0.25) is 0 Å². The predicted octanol–water partition coefficient (Wildman–Crippen LogP) is 3.79. The smallest absolute Gasteiger partial charge is 0.261 e. The molecule has 2 atom stereocenters. The lowest BCUT2D eigenvalue weighted by Crippen LogP contribution is -2.41. The molecule has 2 aromatic rings. The van der Waals surface area contributed by atoms with E-state index in [1.807, 2.05) is 6.07 Å². The molecule has 5 heteroatoms. The van der Waals surface area contributed by atoms with Crippen LogP contribution < -0.4 is 5.32 Å². The van der Waals surface area contributed by atoms with E-state index in [4.69, 9.17) is 0 Å². The molecule has 2 unspecified atom stereocenters. The van der Waals surface area contributed by atoms with E-state index >= 15 is 0 Å². The summed E-state index contributed by atoms with van der Waals surface area (Å²) < 4.78 is 0. The van der Waals surface area contributed by atoms with E-state index in [2.05, 4.69) is 12.2 Å². The highest BCUT2D eigenvalue weighted by Gasteiger charge is 2.35. The van der Waals surface area contributed by atoms with Crippen LogP contribution in [-0.2, 0) is 6.54 Å². The maximum Gasteiger partial charge on any atom is 0.261 e. The average molecular weight is 376 g/mol. The highest BCUT2D eigenvalue weighted by molar-refractivity contribution is 6.21. The summed E-state index contributed by atoms with van der Waals surface area (Å²) in [5, 5.41) is 3.15. The third-order valence-corrected chi connectivity index (χ3v) is 5.84. The van der Waals surface area contributed by atoms with Crippen LogP contribution in [0.25, 0.3) is 0 Å². The molecule has 1 fully saturated rings. The van der Waals surface area contributed by atoms with Gasteiger partial charge in [-0.2, -0.15) is 0 Å². The zero-order valence-corrected chi connectivity index (χ0v) is 16.0. The second-order valence-corrected chi connectivity index (χ2v) is 7.78. The molecule has 0 radical (unpaired) electrons. The summed E-state index contributed by atoms with van der Waals surface area (Å²) in [6, 6.07) is 14.2. The minimum Gasteiger partial charge on any atom is -0.349 e. The third-order valence-electron chi connectivity index (χ3n) is 5.84. The number of rotatable bonds is 4. The van der Waals surface area contributed by atoms with E-state index in [9.17, 15) is 14.4 Å². The van der Waals surface area contributed by atoms with Crippen LogP contribution in [0.15, 0.2) is 48.5 Å². The first-order chi connectivity index (χ1) is 13.5. The molecule has 3 amide bonds. The summed E-state index contributed by atoms with van der Waals surface area (Å²) in [7, 11) is 0. The van der Waals surface area contributed by atoms with Gasteiger partial charge in [-0.3, -0.25) is 19.3 Å². The lowest BCUT2D eigenvalue weighted by Gasteiger charge is -2.29. The zero-order chi connectivity index (χ0) is 19.7. The van der Waals surface area contributed by atoms with Gasteiger partial charge in [0.2, 0.25) is 0 Å². The van der Waals surface area contributed by atoms with Crippen LogP contribution in [0.4, 0.5) is 0 Å². The standard InChI is InChI=1S/C23H24N2O3/c1-15-7-2-5-12-20(15)24-21(26)17-9-6-8-16(13-17)14-25-22(27)18-10-3-4-11-19(18)23(25)28/h3-4,6,8-11,13,15,20H,2,5,7,12,14H2,1H3,(H,24,26). The van der Waals surface area contributed by atoms with Crippen molar-refractivity contribution in [2.75, 3.05) is 0 Å². The van der Waals surface area contributed by atoms with Gasteiger partial charge in [0.25, 0.3) is 17.7 Å². The average Bonchev–Trinajstić information content (AvgIpc) is 2.95. The van der Waals surface area contributed by atoms with Crippen LogP contribution in [0, 0.1) is 5.92 Å². The first kappa shape index (κ1) is 18.4. The molecule has 2 aliphatic rings. The minimum atomic E-state index is -0.286. The van der Waals surface area contributed by atoms with Crippen LogP contribution in [0.1, 0.15) is 69.2 Å². The molecule has 1 aliphatic heterocycles. The fourth-order valence-electron chi connectivity index (χ4n) is 4.16. The molecule has 0 aromatic heterocycles. The van der Waals surface area contributed by atoms with E-state index < -0.39 is 0 Å². The van der Waals surface area contributed by atoms with Crippen molar-refractivity contribution in [1.29, 1.82) is 0 Å². The maximum atomic E-state index is 12.7. The van der Waals surface area contributed by atoms with Gasteiger partial charge in [0.05, 0.1) is 17.7 Å². The Labute approximate surface area is 164 Å². The summed E-state index contributed by atoms with van der Waals surface area (Å²) in [6.45, 7) is 2.34. The highest BCUT2D eigenvalue weighted by atomic mass is 16.2. The van der Waals surface area contributed by atoms with Gasteiger partial charge in [0.15, 0.2) is 0 Å². The molecular formula is C23H24N2O3. The molecule has 4 rings (SSSR count). The Bertz CT molecular complexity index is 902. The zero-order valence-electron chi connectivity index (χ0n) is 16.0. The molecule has 0 saturated heterocycles. The van der Waals surface area contributed by atoms with Crippen molar-refractivity contribution in [2.45, 2.75) is 45.2 Å². The number of hydrogen-bond donors (Lipinski definition) is 1. The number of nitrogens with zero attached hydrogens (tertiary/aromatic N) is 1. The summed E-state index contributed by atoms with van der Waals surface area (Å²) in [5.41, 5.74) is 2.20. The molecule has 5 nitrogen and oxygen atoms in total. The van der Waals surface area contributed by atoms with Crippen molar-refractivity contribution < 1.29 is 14.4 Å². The number of fused-ring (bicyclic) bond motifs is 1. The normalized spacial score (nSPS) is 21.5. The quantitative estimate of drug-likeness (QED) is 0.826. The Hall–Kier alpha value is -2.95. The van der Waals surface area contributed by atoms with Gasteiger partial charge in [-0.15, -0.1) is 0 Å². The van der Waals surface area contributed by atoms with Crippen molar-refractivity contribution in [1.82, 2.24) is 10.2 Å². The lowest BCUT2D eigenvalue weighted by atomic mass is 9.86. The number of benzene rings is 2. The Morgan fingerprint density at radius 2 is 1.68 bits per heavy atom. The maximum absolute atomic E-state index is 12.7. The van der Waals surface area contributed by atoms with E-state index in [0.29, 0.717) is 22.6 Å². The second kappa shape index (κ2) is 7.58. The van der Waals surface area contributed by atoms with Gasteiger partial charge in [-0.1, -0.05) is 44.0 Å². The van der Waals surface area contributed by atoms with E-state index in [0.717, 1.165) is 24.8 Å². The molecule has 1 N–H and O–H groups in total. The number of carbonyl (C=O) groups excluding carboxylic acids is 3. The second-order valence-electron chi connectivity index (χ2n) is 7.78. The van der Waals surface area contributed by atoms with E-state index in [-0.39, 0.29) is 30.3 Å². The SMILES string of the molecule is CC1CCCCC1NC(=O)c1cccc(CN2C(=O)c3ccccc3C2=O)c1. The van der Waals surface area contributed by atoms with Crippen LogP contribution >= 0.6 is 0 Å². The third kappa shape index (κ3) is 3.44. The van der Waals surface area contributed by atoms with Crippen LogP contribution in [0.3, 0.4) is 0 Å². The van der Waals surface area contributed by atoms with Gasteiger partial charge in [0, 0.05) is 11.6 Å². The van der Waals surface area contributed by atoms with E-state index in [1.54, 1.807) is 42.5 Å². The highest BCUT2D eigenvalue weighted by Crippen LogP contribution is 2.25. The Balaban J connectivity index is 1.48. The largest absolute Gasteiger partial charge is 0.349 e. The number of carbonyl (C=O) groups is 3. The Kier molecular flexibility index (Phi) is 4.99. The molecule has 28 heavy (non-hydrogen) atoms. The predicted molar refractivity (Wildman–Crippen MR) is 106 cm³/mol. The monoisotopic (exact) mass is 376 g/mol. The molecule has 2 aromatic carbocycles. The topological polar surface area (TPSA) is 66.5 Å².